The van der Waals surface area contributed by atoms with Gasteiger partial charge >= 0.3 is 0 Å². The average molecular weight is 226 g/mol. The third kappa shape index (κ3) is 12.3. The van der Waals surface area contributed by atoms with Crippen LogP contribution in [-0.4, -0.2) is 34.1 Å². The molecule has 80 valence electrons. The van der Waals surface area contributed by atoms with Gasteiger partial charge in [0.1, 0.15) is 0 Å². The molecule has 0 aromatic heterocycles. The molecule has 0 rings (SSSR count). The van der Waals surface area contributed by atoms with Crippen molar-refractivity contribution in [1.82, 2.24) is 0 Å². The summed E-state index contributed by atoms with van der Waals surface area (Å²) in [6.45, 7) is 0.805. The first-order valence-corrected chi connectivity index (χ1v) is 7.79. The van der Waals surface area contributed by atoms with Crippen molar-refractivity contribution in [3.05, 3.63) is 0 Å². The number of ether oxygens (including phenoxy) is 1. The fraction of sp³-hybridized carbons (Fsp3) is 1.00. The summed E-state index contributed by atoms with van der Waals surface area (Å²) in [6.07, 6.45) is 5.51. The van der Waals surface area contributed by atoms with Gasteiger partial charge in [-0.15, -0.1) is 0 Å². The van der Waals surface area contributed by atoms with E-state index >= 15 is 0 Å². The molecule has 3 nitrogen and oxygen atoms in total. The van der Waals surface area contributed by atoms with Gasteiger partial charge in [-0.25, -0.2) is 8.42 Å². The van der Waals surface area contributed by atoms with Crippen LogP contribution in [-0.2, 0) is 13.6 Å². The van der Waals surface area contributed by atoms with Gasteiger partial charge in [0.05, 0.1) is 0 Å². The molecular formula is C8H18O3S2. The lowest BCUT2D eigenvalue weighted by molar-refractivity contribution is 0.192. The maximum atomic E-state index is 10.7. The molecule has 0 saturated carbocycles. The second-order valence-corrected chi connectivity index (χ2v) is 7.51. The maximum absolute atomic E-state index is 10.7. The van der Waals surface area contributed by atoms with Crippen molar-refractivity contribution in [2.75, 3.05) is 25.7 Å². The van der Waals surface area contributed by atoms with Gasteiger partial charge in [0.25, 0.3) is 0 Å². The molecule has 0 unspecified atom stereocenters. The molecule has 13 heavy (non-hydrogen) atoms. The highest BCUT2D eigenvalue weighted by Crippen LogP contribution is 2.13. The van der Waals surface area contributed by atoms with Crippen LogP contribution in [0.1, 0.15) is 25.7 Å². The Balaban J connectivity index is 3.09. The van der Waals surface area contributed by atoms with Crippen molar-refractivity contribution >= 4 is 19.7 Å². The predicted octanol–water partition coefficient (Wildman–Crippen LogP) is 1.89. The van der Waals surface area contributed by atoms with Gasteiger partial charge in [-0.1, -0.05) is 12.8 Å². The molecule has 0 aromatic carbocycles. The fourth-order valence-corrected chi connectivity index (χ4v) is 2.80. The second kappa shape index (κ2) is 7.64. The third-order valence-electron chi connectivity index (χ3n) is 1.54. The molecule has 0 atom stereocenters. The van der Waals surface area contributed by atoms with Gasteiger partial charge in [-0.2, -0.15) is 0 Å². The molecule has 0 radical (unpaired) electrons. The number of methoxy groups -OCH3 is 1. The maximum Gasteiger partial charge on any atom is 0.198 e. The standard InChI is InChI=1S/C8H18O3S2/c1-11-7-5-3-4-6-8-12-13(2,9)10/h3-8H2,1-2H3. The molecule has 0 aliphatic carbocycles. The van der Waals surface area contributed by atoms with Crippen LogP contribution in [0.15, 0.2) is 0 Å². The topological polar surface area (TPSA) is 43.4 Å². The van der Waals surface area contributed by atoms with Gasteiger partial charge in [-0.3, -0.25) is 0 Å². The van der Waals surface area contributed by atoms with Gasteiger partial charge in [0.15, 0.2) is 8.87 Å². The Hall–Kier alpha value is 0.260. The summed E-state index contributed by atoms with van der Waals surface area (Å²) in [5.74, 6) is 0.714. The molecule has 0 spiro atoms. The highest BCUT2D eigenvalue weighted by molar-refractivity contribution is 8.71. The molecular weight excluding hydrogens is 208 g/mol. The summed E-state index contributed by atoms with van der Waals surface area (Å²) in [5.41, 5.74) is 0. The smallest absolute Gasteiger partial charge is 0.198 e. The Morgan fingerprint density at radius 2 is 1.77 bits per heavy atom. The summed E-state index contributed by atoms with van der Waals surface area (Å²) in [4.78, 5) is 0. The first-order valence-electron chi connectivity index (χ1n) is 4.39. The lowest BCUT2D eigenvalue weighted by atomic mass is 10.2. The Kier molecular flexibility index (Phi) is 7.80. The summed E-state index contributed by atoms with van der Waals surface area (Å²) in [5, 5.41) is 0. The van der Waals surface area contributed by atoms with Crippen molar-refractivity contribution in [1.29, 1.82) is 0 Å². The summed E-state index contributed by atoms with van der Waals surface area (Å²) >= 11 is 0. The van der Waals surface area contributed by atoms with Crippen LogP contribution in [0.2, 0.25) is 0 Å². The van der Waals surface area contributed by atoms with Gasteiger partial charge in [0.2, 0.25) is 0 Å². The van der Waals surface area contributed by atoms with Crippen molar-refractivity contribution < 1.29 is 13.2 Å². The van der Waals surface area contributed by atoms with Crippen molar-refractivity contribution in [2.45, 2.75) is 25.7 Å². The van der Waals surface area contributed by atoms with E-state index in [9.17, 15) is 8.42 Å². The minimum Gasteiger partial charge on any atom is -0.385 e. The number of hydrogen-bond donors (Lipinski definition) is 0. The Morgan fingerprint density at radius 1 is 1.15 bits per heavy atom. The van der Waals surface area contributed by atoms with Crippen LogP contribution < -0.4 is 0 Å². The molecule has 0 N–H and O–H groups in total. The van der Waals surface area contributed by atoms with Crippen LogP contribution >= 0.6 is 10.8 Å². The van der Waals surface area contributed by atoms with Crippen LogP contribution in [0.3, 0.4) is 0 Å². The van der Waals surface area contributed by atoms with E-state index in [-0.39, 0.29) is 0 Å². The van der Waals surface area contributed by atoms with Crippen molar-refractivity contribution in [3.63, 3.8) is 0 Å². The minimum absolute atomic E-state index is 0.714. The van der Waals surface area contributed by atoms with Crippen molar-refractivity contribution in [2.24, 2.45) is 0 Å². The highest BCUT2D eigenvalue weighted by Gasteiger charge is 2.00. The molecule has 0 bridgehead atoms. The fourth-order valence-electron chi connectivity index (χ4n) is 0.912. The summed E-state index contributed by atoms with van der Waals surface area (Å²) in [7, 11) is -0.0973. The summed E-state index contributed by atoms with van der Waals surface area (Å²) in [6, 6.07) is 0. The van der Waals surface area contributed by atoms with Gasteiger partial charge in [-0.05, 0) is 23.6 Å². The van der Waals surface area contributed by atoms with Gasteiger partial charge < -0.3 is 4.74 Å². The average Bonchev–Trinajstić information content (AvgIpc) is 2.01. The second-order valence-electron chi connectivity index (χ2n) is 2.93. The van der Waals surface area contributed by atoms with E-state index in [0.717, 1.165) is 43.1 Å². The molecule has 0 saturated heterocycles. The molecule has 0 aliphatic rings. The SMILES string of the molecule is COCCCCCCSS(C)(=O)=O. The Morgan fingerprint density at radius 3 is 2.31 bits per heavy atom. The number of hydrogen-bond acceptors (Lipinski definition) is 4. The molecule has 0 aliphatic heterocycles. The van der Waals surface area contributed by atoms with Crippen LogP contribution in [0.5, 0.6) is 0 Å². The molecule has 0 heterocycles. The normalized spacial score (nSPS) is 11.8. The molecule has 0 fully saturated rings. The molecule has 0 aromatic rings. The quantitative estimate of drug-likeness (QED) is 0.468. The third-order valence-corrected chi connectivity index (χ3v) is 4.21. The Labute approximate surface area is 84.6 Å². The molecule has 0 amide bonds. The predicted molar refractivity (Wildman–Crippen MR) is 57.6 cm³/mol. The van der Waals surface area contributed by atoms with Crippen LogP contribution in [0.25, 0.3) is 0 Å². The van der Waals surface area contributed by atoms with Crippen LogP contribution in [0.4, 0.5) is 0 Å². The van der Waals surface area contributed by atoms with E-state index < -0.39 is 8.87 Å². The first kappa shape index (κ1) is 13.3. The van der Waals surface area contributed by atoms with Crippen molar-refractivity contribution in [3.8, 4) is 0 Å². The van der Waals surface area contributed by atoms with E-state index in [0.29, 0.717) is 5.75 Å². The van der Waals surface area contributed by atoms with E-state index in [1.54, 1.807) is 7.11 Å². The number of unbranched alkanes of at least 4 members (excludes halogenated alkanes) is 3. The summed E-state index contributed by atoms with van der Waals surface area (Å²) < 4.78 is 26.3. The Bertz CT molecular complexity index is 199. The van der Waals surface area contributed by atoms with E-state index in [1.165, 1.54) is 6.26 Å². The van der Waals surface area contributed by atoms with E-state index in [4.69, 9.17) is 4.74 Å². The highest BCUT2D eigenvalue weighted by atomic mass is 33.1. The zero-order valence-corrected chi connectivity index (χ0v) is 9.92. The van der Waals surface area contributed by atoms with E-state index in [2.05, 4.69) is 0 Å². The minimum atomic E-state index is -2.83. The van der Waals surface area contributed by atoms with E-state index in [1.807, 2.05) is 0 Å². The largest absolute Gasteiger partial charge is 0.385 e. The lowest BCUT2D eigenvalue weighted by Crippen LogP contribution is -1.92. The number of rotatable bonds is 8. The van der Waals surface area contributed by atoms with Crippen LogP contribution in [0, 0.1) is 0 Å². The zero-order chi connectivity index (χ0) is 10.2. The first-order chi connectivity index (χ1) is 6.06. The zero-order valence-electron chi connectivity index (χ0n) is 8.28. The van der Waals surface area contributed by atoms with Gasteiger partial charge in [0, 0.05) is 25.7 Å². The lowest BCUT2D eigenvalue weighted by Gasteiger charge is -1.99. The monoisotopic (exact) mass is 226 g/mol. The molecule has 5 heteroatoms.